The van der Waals surface area contributed by atoms with Crippen molar-refractivity contribution in [1.82, 2.24) is 19.7 Å². The molecule has 0 aliphatic carbocycles. The largest absolute Gasteiger partial charge is 0.392 e. The van der Waals surface area contributed by atoms with Crippen LogP contribution in [0.5, 0.6) is 0 Å². The van der Waals surface area contributed by atoms with Gasteiger partial charge in [-0.3, -0.25) is 14.7 Å². The third-order valence-corrected chi connectivity index (χ3v) is 6.25. The third kappa shape index (κ3) is 3.07. The topological polar surface area (TPSA) is 42.8 Å². The molecule has 128 valence electrons. The first-order valence-electron chi connectivity index (χ1n) is 8.82. The monoisotopic (exact) mass is 336 g/mol. The van der Waals surface area contributed by atoms with E-state index < -0.39 is 0 Å². The van der Waals surface area contributed by atoms with Crippen molar-refractivity contribution in [2.45, 2.75) is 44.5 Å². The van der Waals surface area contributed by atoms with Gasteiger partial charge in [0.05, 0.1) is 18.2 Å². The minimum absolute atomic E-state index is 0.135. The molecule has 1 aromatic rings. The lowest BCUT2D eigenvalue weighted by molar-refractivity contribution is -0.117. The number of aromatic nitrogens is 1. The molecular formula is C17H28N4OS. The second-order valence-electron chi connectivity index (χ2n) is 8.08. The van der Waals surface area contributed by atoms with Crippen LogP contribution in [0.1, 0.15) is 25.3 Å². The molecule has 3 fully saturated rings. The van der Waals surface area contributed by atoms with Gasteiger partial charge in [0.2, 0.25) is 0 Å². The van der Waals surface area contributed by atoms with E-state index in [1.807, 2.05) is 6.20 Å². The molecule has 0 unspecified atom stereocenters. The molecule has 4 heterocycles. The summed E-state index contributed by atoms with van der Waals surface area (Å²) in [6, 6.07) is 0.541. The van der Waals surface area contributed by atoms with Crippen LogP contribution in [-0.4, -0.2) is 81.7 Å². The molecule has 2 atom stereocenters. The first kappa shape index (κ1) is 16.0. The number of nitrogens with zero attached hydrogens (tertiary/aromatic N) is 4. The van der Waals surface area contributed by atoms with Crippen molar-refractivity contribution in [3.8, 4) is 0 Å². The number of rotatable bonds is 4. The molecule has 0 bridgehead atoms. The lowest BCUT2D eigenvalue weighted by atomic mass is 9.83. The number of fused-ring (bicyclic) bond motifs is 2. The molecule has 4 rings (SSSR count). The second kappa shape index (κ2) is 6.08. The number of hydrogen-bond donors (Lipinski definition) is 1. The Balaban J connectivity index is 1.45. The zero-order valence-electron chi connectivity index (χ0n) is 14.2. The van der Waals surface area contributed by atoms with Gasteiger partial charge in [-0.05, 0) is 12.3 Å². The summed E-state index contributed by atoms with van der Waals surface area (Å²) in [6.07, 6.45) is 2.71. The fraction of sp³-hybridized carbons (Fsp3) is 0.824. The summed E-state index contributed by atoms with van der Waals surface area (Å²) in [5.41, 5.74) is 0.256. The normalized spacial score (nSPS) is 31.7. The maximum Gasteiger partial charge on any atom is 0.107 e. The molecule has 1 aromatic heterocycles. The quantitative estimate of drug-likeness (QED) is 0.892. The van der Waals surface area contributed by atoms with Gasteiger partial charge >= 0.3 is 0 Å². The Kier molecular flexibility index (Phi) is 4.22. The van der Waals surface area contributed by atoms with E-state index in [0.717, 1.165) is 45.7 Å². The van der Waals surface area contributed by atoms with E-state index in [1.165, 1.54) is 11.6 Å². The maximum absolute atomic E-state index is 10.2. The molecule has 1 spiro atoms. The van der Waals surface area contributed by atoms with Gasteiger partial charge in [-0.1, -0.05) is 13.8 Å². The first-order valence-corrected chi connectivity index (χ1v) is 9.70. The van der Waals surface area contributed by atoms with Crippen LogP contribution in [0.3, 0.4) is 0 Å². The first-order chi connectivity index (χ1) is 11.0. The maximum atomic E-state index is 10.2. The van der Waals surface area contributed by atoms with Crippen molar-refractivity contribution >= 4 is 11.3 Å². The highest BCUT2D eigenvalue weighted by atomic mass is 32.1. The predicted molar refractivity (Wildman–Crippen MR) is 92.5 cm³/mol. The SMILES string of the molecule is CC(C)CN1C[C@@H]2C[C@@H](O)CN2C2(C1)CN(Cc1nccs1)C2. The smallest absolute Gasteiger partial charge is 0.107 e. The summed E-state index contributed by atoms with van der Waals surface area (Å²) in [4.78, 5) is 12.2. The number of thiazole rings is 1. The second-order valence-corrected chi connectivity index (χ2v) is 9.06. The van der Waals surface area contributed by atoms with E-state index in [-0.39, 0.29) is 11.6 Å². The van der Waals surface area contributed by atoms with Crippen LogP contribution in [0.25, 0.3) is 0 Å². The number of aliphatic hydroxyl groups is 1. The van der Waals surface area contributed by atoms with Crippen LogP contribution in [-0.2, 0) is 6.54 Å². The van der Waals surface area contributed by atoms with Crippen molar-refractivity contribution in [2.24, 2.45) is 5.92 Å². The van der Waals surface area contributed by atoms with Gasteiger partial charge in [0.1, 0.15) is 5.01 Å². The van der Waals surface area contributed by atoms with Gasteiger partial charge in [0, 0.05) is 56.9 Å². The van der Waals surface area contributed by atoms with Crippen LogP contribution in [0.2, 0.25) is 0 Å². The third-order valence-electron chi connectivity index (χ3n) is 5.49. The molecule has 3 aliphatic rings. The van der Waals surface area contributed by atoms with Gasteiger partial charge < -0.3 is 5.11 Å². The molecule has 3 saturated heterocycles. The van der Waals surface area contributed by atoms with Gasteiger partial charge in [0.15, 0.2) is 0 Å². The van der Waals surface area contributed by atoms with E-state index in [2.05, 4.69) is 38.9 Å². The Morgan fingerprint density at radius 1 is 1.30 bits per heavy atom. The van der Waals surface area contributed by atoms with E-state index in [4.69, 9.17) is 0 Å². The minimum atomic E-state index is -0.135. The summed E-state index contributed by atoms with van der Waals surface area (Å²) < 4.78 is 0. The Bertz CT molecular complexity index is 529. The van der Waals surface area contributed by atoms with Gasteiger partial charge in [-0.25, -0.2) is 4.98 Å². The van der Waals surface area contributed by atoms with E-state index in [9.17, 15) is 5.11 Å². The Hall–Kier alpha value is -0.530. The van der Waals surface area contributed by atoms with Gasteiger partial charge in [0.25, 0.3) is 0 Å². The highest BCUT2D eigenvalue weighted by Gasteiger charge is 2.55. The average Bonchev–Trinajstić information content (AvgIpc) is 3.04. The van der Waals surface area contributed by atoms with Crippen molar-refractivity contribution in [1.29, 1.82) is 0 Å². The summed E-state index contributed by atoms with van der Waals surface area (Å²) in [5, 5.41) is 13.4. The number of piperazine rings is 1. The molecule has 0 saturated carbocycles. The zero-order chi connectivity index (χ0) is 16.0. The van der Waals surface area contributed by atoms with Crippen molar-refractivity contribution in [2.75, 3.05) is 39.3 Å². The summed E-state index contributed by atoms with van der Waals surface area (Å²) in [7, 11) is 0. The van der Waals surface area contributed by atoms with Crippen molar-refractivity contribution in [3.63, 3.8) is 0 Å². The van der Waals surface area contributed by atoms with Crippen molar-refractivity contribution in [3.05, 3.63) is 16.6 Å². The van der Waals surface area contributed by atoms with Crippen LogP contribution in [0.4, 0.5) is 0 Å². The highest BCUT2D eigenvalue weighted by Crippen LogP contribution is 2.39. The lowest BCUT2D eigenvalue weighted by Crippen LogP contribution is -2.77. The molecule has 5 nitrogen and oxygen atoms in total. The summed E-state index contributed by atoms with van der Waals surface area (Å²) in [6.45, 7) is 12.1. The molecule has 0 radical (unpaired) electrons. The van der Waals surface area contributed by atoms with Crippen molar-refractivity contribution < 1.29 is 5.11 Å². The number of aliphatic hydroxyl groups excluding tert-OH is 1. The lowest BCUT2D eigenvalue weighted by Gasteiger charge is -2.61. The summed E-state index contributed by atoms with van der Waals surface area (Å²) >= 11 is 1.75. The molecule has 23 heavy (non-hydrogen) atoms. The zero-order valence-corrected chi connectivity index (χ0v) is 15.0. The van der Waals surface area contributed by atoms with Crippen LogP contribution in [0.15, 0.2) is 11.6 Å². The van der Waals surface area contributed by atoms with Gasteiger partial charge in [-0.2, -0.15) is 0 Å². The molecule has 6 heteroatoms. The minimum Gasteiger partial charge on any atom is -0.392 e. The average molecular weight is 337 g/mol. The summed E-state index contributed by atoms with van der Waals surface area (Å²) in [5.74, 6) is 0.705. The number of hydrogen-bond acceptors (Lipinski definition) is 6. The van der Waals surface area contributed by atoms with Gasteiger partial charge in [-0.15, -0.1) is 11.3 Å². The standard InChI is InChI=1S/C17H28N4OS/c1-13(2)6-19-7-14-5-15(22)8-21(14)17(10-19)11-20(12-17)9-16-18-3-4-23-16/h3-4,13-15,22H,5-12H2,1-2H3/t14-,15+/m0/s1. The van der Waals surface area contributed by atoms with Crippen LogP contribution in [0, 0.1) is 5.92 Å². The Morgan fingerprint density at radius 2 is 2.09 bits per heavy atom. The van der Waals surface area contributed by atoms with Crippen LogP contribution >= 0.6 is 11.3 Å². The molecule has 0 amide bonds. The Morgan fingerprint density at radius 3 is 2.78 bits per heavy atom. The molecule has 0 aromatic carbocycles. The van der Waals surface area contributed by atoms with Crippen LogP contribution < -0.4 is 0 Å². The fourth-order valence-electron chi connectivity index (χ4n) is 4.87. The fourth-order valence-corrected chi connectivity index (χ4v) is 5.53. The van der Waals surface area contributed by atoms with E-state index in [1.54, 1.807) is 11.3 Å². The highest BCUT2D eigenvalue weighted by molar-refractivity contribution is 7.09. The molecular weight excluding hydrogens is 308 g/mol. The predicted octanol–water partition coefficient (Wildman–Crippen LogP) is 1.10. The number of β-amino-alcohol motifs (C(OH)–C–C–N with tert-alkyl or cyclic N) is 1. The number of likely N-dealkylation sites (tertiary alicyclic amines) is 1. The molecule has 3 aliphatic heterocycles. The van der Waals surface area contributed by atoms with E-state index in [0.29, 0.717) is 12.0 Å². The molecule has 1 N–H and O–H groups in total. The van der Waals surface area contributed by atoms with E-state index >= 15 is 0 Å². The Labute approximate surface area is 142 Å².